The lowest BCUT2D eigenvalue weighted by Gasteiger charge is -2.23. The Bertz CT molecular complexity index is 337. The van der Waals surface area contributed by atoms with Crippen LogP contribution in [0.3, 0.4) is 0 Å². The molecule has 1 saturated heterocycles. The van der Waals surface area contributed by atoms with Gasteiger partial charge in [0.05, 0.1) is 33.0 Å². The van der Waals surface area contributed by atoms with E-state index in [1.165, 1.54) is 0 Å². The molecule has 0 radical (unpaired) electrons. The minimum Gasteiger partial charge on any atom is -0.496 e. The Balaban J connectivity index is 1.77. The molecule has 1 aromatic carbocycles. The summed E-state index contributed by atoms with van der Waals surface area (Å²) in [5.41, 5.74) is 1.16. The van der Waals surface area contributed by atoms with Gasteiger partial charge in [0, 0.05) is 18.7 Å². The third kappa shape index (κ3) is 3.70. The number of hydrogen-bond acceptors (Lipinski definition) is 4. The van der Waals surface area contributed by atoms with Crippen LogP contribution in [-0.2, 0) is 16.0 Å². The highest BCUT2D eigenvalue weighted by Gasteiger charge is 2.13. The van der Waals surface area contributed by atoms with E-state index in [1.54, 1.807) is 7.11 Å². The number of benzene rings is 1. The van der Waals surface area contributed by atoms with Crippen molar-refractivity contribution in [1.82, 2.24) is 5.32 Å². The molecule has 0 spiro atoms. The summed E-state index contributed by atoms with van der Waals surface area (Å²) in [4.78, 5) is 0. The van der Waals surface area contributed by atoms with E-state index in [2.05, 4.69) is 11.4 Å². The highest BCUT2D eigenvalue weighted by atomic mass is 16.6. The van der Waals surface area contributed by atoms with Crippen LogP contribution in [0, 0.1) is 0 Å². The largest absolute Gasteiger partial charge is 0.496 e. The summed E-state index contributed by atoms with van der Waals surface area (Å²) in [7, 11) is 1.69. The van der Waals surface area contributed by atoms with Crippen LogP contribution in [0.15, 0.2) is 24.3 Å². The SMILES string of the molecule is COc1ccccc1CNCC1COCCO1. The van der Waals surface area contributed by atoms with Crippen molar-refractivity contribution in [1.29, 1.82) is 0 Å². The Morgan fingerprint density at radius 3 is 3.00 bits per heavy atom. The summed E-state index contributed by atoms with van der Waals surface area (Å²) in [6.07, 6.45) is 0.165. The van der Waals surface area contributed by atoms with Crippen molar-refractivity contribution in [2.45, 2.75) is 12.6 Å². The zero-order valence-electron chi connectivity index (χ0n) is 10.1. The normalized spacial score (nSPS) is 20.2. The van der Waals surface area contributed by atoms with Gasteiger partial charge in [0.1, 0.15) is 5.75 Å². The van der Waals surface area contributed by atoms with E-state index in [0.29, 0.717) is 19.8 Å². The molecule has 17 heavy (non-hydrogen) atoms. The Hall–Kier alpha value is -1.10. The third-order valence-electron chi connectivity index (χ3n) is 2.76. The Labute approximate surface area is 102 Å². The molecule has 4 heteroatoms. The van der Waals surface area contributed by atoms with E-state index in [-0.39, 0.29) is 6.10 Å². The molecule has 1 N–H and O–H groups in total. The Morgan fingerprint density at radius 1 is 1.35 bits per heavy atom. The van der Waals surface area contributed by atoms with E-state index in [4.69, 9.17) is 14.2 Å². The van der Waals surface area contributed by atoms with Crippen LogP contribution in [0.1, 0.15) is 5.56 Å². The molecule has 94 valence electrons. The summed E-state index contributed by atoms with van der Waals surface area (Å²) >= 11 is 0. The van der Waals surface area contributed by atoms with Gasteiger partial charge in [-0.3, -0.25) is 0 Å². The molecule has 4 nitrogen and oxygen atoms in total. The van der Waals surface area contributed by atoms with Gasteiger partial charge in [-0.25, -0.2) is 0 Å². The van der Waals surface area contributed by atoms with Crippen LogP contribution in [0.5, 0.6) is 5.75 Å². The molecule has 0 saturated carbocycles. The molecule has 1 aliphatic heterocycles. The van der Waals surface area contributed by atoms with Gasteiger partial charge >= 0.3 is 0 Å². The molecule has 0 aromatic heterocycles. The number of rotatable bonds is 5. The highest BCUT2D eigenvalue weighted by molar-refractivity contribution is 5.32. The van der Waals surface area contributed by atoms with Gasteiger partial charge in [-0.15, -0.1) is 0 Å². The zero-order chi connectivity index (χ0) is 11.9. The first-order valence-electron chi connectivity index (χ1n) is 5.92. The lowest BCUT2D eigenvalue weighted by Crippen LogP contribution is -2.37. The molecule has 2 rings (SSSR count). The van der Waals surface area contributed by atoms with Crippen molar-refractivity contribution in [2.75, 3.05) is 33.5 Å². The van der Waals surface area contributed by atoms with Gasteiger partial charge in [-0.1, -0.05) is 18.2 Å². The fraction of sp³-hybridized carbons (Fsp3) is 0.538. The summed E-state index contributed by atoms with van der Waals surface area (Å²) in [5.74, 6) is 0.917. The first-order valence-corrected chi connectivity index (χ1v) is 5.92. The van der Waals surface area contributed by atoms with Crippen LogP contribution in [0.25, 0.3) is 0 Å². The fourth-order valence-corrected chi connectivity index (χ4v) is 1.87. The van der Waals surface area contributed by atoms with Gasteiger partial charge in [-0.2, -0.15) is 0 Å². The number of methoxy groups -OCH3 is 1. The lowest BCUT2D eigenvalue weighted by molar-refractivity contribution is -0.0864. The first-order chi connectivity index (χ1) is 8.40. The molecule has 0 bridgehead atoms. The number of hydrogen-bond donors (Lipinski definition) is 1. The van der Waals surface area contributed by atoms with Gasteiger partial charge in [0.25, 0.3) is 0 Å². The van der Waals surface area contributed by atoms with Crippen LogP contribution in [0.2, 0.25) is 0 Å². The minimum atomic E-state index is 0.165. The molecule has 1 atom stereocenters. The molecular weight excluding hydrogens is 218 g/mol. The summed E-state index contributed by atoms with van der Waals surface area (Å²) in [6.45, 7) is 3.67. The molecule has 1 aromatic rings. The van der Waals surface area contributed by atoms with Crippen LogP contribution >= 0.6 is 0 Å². The quantitative estimate of drug-likeness (QED) is 0.835. The standard InChI is InChI=1S/C13H19NO3/c1-15-13-5-3-2-4-11(13)8-14-9-12-10-16-6-7-17-12/h2-5,12,14H,6-10H2,1H3. The molecule has 1 unspecified atom stereocenters. The average Bonchev–Trinajstić information content (AvgIpc) is 2.40. The van der Waals surface area contributed by atoms with Crippen molar-refractivity contribution in [3.05, 3.63) is 29.8 Å². The van der Waals surface area contributed by atoms with Crippen LogP contribution in [0.4, 0.5) is 0 Å². The fourth-order valence-electron chi connectivity index (χ4n) is 1.87. The minimum absolute atomic E-state index is 0.165. The van der Waals surface area contributed by atoms with E-state index < -0.39 is 0 Å². The van der Waals surface area contributed by atoms with Crippen molar-refractivity contribution in [3.63, 3.8) is 0 Å². The predicted octanol–water partition coefficient (Wildman–Crippen LogP) is 1.20. The monoisotopic (exact) mass is 237 g/mol. The number of ether oxygens (including phenoxy) is 3. The maximum atomic E-state index is 5.55. The second kappa shape index (κ2) is 6.59. The van der Waals surface area contributed by atoms with Crippen molar-refractivity contribution < 1.29 is 14.2 Å². The summed E-state index contributed by atoms with van der Waals surface area (Å²) < 4.78 is 16.2. The van der Waals surface area contributed by atoms with E-state index >= 15 is 0 Å². The first kappa shape index (κ1) is 12.4. The number of nitrogens with one attached hydrogen (secondary N) is 1. The molecule has 1 fully saturated rings. The van der Waals surface area contributed by atoms with Crippen LogP contribution in [-0.4, -0.2) is 39.6 Å². The van der Waals surface area contributed by atoms with E-state index in [0.717, 1.165) is 24.4 Å². The third-order valence-corrected chi connectivity index (χ3v) is 2.76. The smallest absolute Gasteiger partial charge is 0.123 e. The topological polar surface area (TPSA) is 39.7 Å². The van der Waals surface area contributed by atoms with Crippen molar-refractivity contribution >= 4 is 0 Å². The van der Waals surface area contributed by atoms with E-state index in [9.17, 15) is 0 Å². The van der Waals surface area contributed by atoms with E-state index in [1.807, 2.05) is 18.2 Å². The zero-order valence-corrected chi connectivity index (χ0v) is 10.1. The van der Waals surface area contributed by atoms with Crippen LogP contribution < -0.4 is 10.1 Å². The molecule has 0 amide bonds. The summed E-state index contributed by atoms with van der Waals surface area (Å²) in [5, 5.41) is 3.36. The highest BCUT2D eigenvalue weighted by Crippen LogP contribution is 2.16. The van der Waals surface area contributed by atoms with Crippen molar-refractivity contribution in [3.8, 4) is 5.75 Å². The van der Waals surface area contributed by atoms with Gasteiger partial charge < -0.3 is 19.5 Å². The van der Waals surface area contributed by atoms with Gasteiger partial charge in [0.15, 0.2) is 0 Å². The lowest BCUT2D eigenvalue weighted by atomic mass is 10.2. The number of para-hydroxylation sites is 1. The molecule has 1 aliphatic rings. The Morgan fingerprint density at radius 2 is 2.24 bits per heavy atom. The molecular formula is C13H19NO3. The molecule has 0 aliphatic carbocycles. The predicted molar refractivity (Wildman–Crippen MR) is 65.3 cm³/mol. The van der Waals surface area contributed by atoms with Gasteiger partial charge in [0.2, 0.25) is 0 Å². The summed E-state index contributed by atoms with van der Waals surface area (Å²) in [6, 6.07) is 8.02. The Kier molecular flexibility index (Phi) is 4.79. The van der Waals surface area contributed by atoms with Gasteiger partial charge in [-0.05, 0) is 6.07 Å². The molecule has 1 heterocycles. The maximum absolute atomic E-state index is 5.55. The second-order valence-corrected chi connectivity index (χ2v) is 4.01. The second-order valence-electron chi connectivity index (χ2n) is 4.01. The maximum Gasteiger partial charge on any atom is 0.123 e. The van der Waals surface area contributed by atoms with Crippen molar-refractivity contribution in [2.24, 2.45) is 0 Å². The average molecular weight is 237 g/mol.